The Labute approximate surface area is 184 Å². The Bertz CT molecular complexity index is 879. The van der Waals surface area contributed by atoms with Gasteiger partial charge in [0.05, 0.1) is 5.69 Å². The number of benzene rings is 1. The minimum absolute atomic E-state index is 0.0540. The van der Waals surface area contributed by atoms with E-state index in [0.29, 0.717) is 11.8 Å². The van der Waals surface area contributed by atoms with E-state index in [4.69, 9.17) is 14.7 Å². The zero-order valence-corrected chi connectivity index (χ0v) is 18.6. The van der Waals surface area contributed by atoms with Gasteiger partial charge in [-0.2, -0.15) is 4.98 Å². The number of amides is 1. The Balaban J connectivity index is 1.26. The molecule has 2 aromatic rings. The van der Waals surface area contributed by atoms with Crippen LogP contribution in [0.15, 0.2) is 30.3 Å². The van der Waals surface area contributed by atoms with Gasteiger partial charge in [0.2, 0.25) is 5.95 Å². The van der Waals surface area contributed by atoms with E-state index in [0.717, 1.165) is 50.3 Å². The molecule has 31 heavy (non-hydrogen) atoms. The Kier molecular flexibility index (Phi) is 6.89. The largest absolute Gasteiger partial charge is 0.484 e. The normalized spacial score (nSPS) is 20.5. The van der Waals surface area contributed by atoms with Crippen LogP contribution in [0.2, 0.25) is 0 Å². The molecule has 1 aromatic heterocycles. The molecule has 0 unspecified atom stereocenters. The first-order chi connectivity index (χ1) is 15.1. The van der Waals surface area contributed by atoms with Gasteiger partial charge in [-0.1, -0.05) is 18.2 Å². The first-order valence-corrected chi connectivity index (χ1v) is 11.4. The lowest BCUT2D eigenvalue weighted by molar-refractivity contribution is -0.124. The number of carbonyl (C=O) groups excluding carboxylic acids is 1. The van der Waals surface area contributed by atoms with Crippen LogP contribution in [-0.4, -0.2) is 48.7 Å². The van der Waals surface area contributed by atoms with Crippen LogP contribution < -0.4 is 20.3 Å². The molecule has 166 valence electrons. The first-order valence-electron chi connectivity index (χ1n) is 11.4. The summed E-state index contributed by atoms with van der Waals surface area (Å²) in [7, 11) is 4.10. The van der Waals surface area contributed by atoms with Crippen molar-refractivity contribution in [3.05, 3.63) is 41.6 Å². The summed E-state index contributed by atoms with van der Waals surface area (Å²) in [6.07, 6.45) is 8.40. The smallest absolute Gasteiger partial charge is 0.258 e. The predicted molar refractivity (Wildman–Crippen MR) is 123 cm³/mol. The fourth-order valence-electron chi connectivity index (χ4n) is 4.51. The molecule has 0 saturated heterocycles. The number of carbonyl (C=O) groups is 1. The Morgan fingerprint density at radius 2 is 1.74 bits per heavy atom. The molecule has 0 bridgehead atoms. The monoisotopic (exact) mass is 423 g/mol. The predicted octanol–water partition coefficient (Wildman–Crippen LogP) is 3.34. The van der Waals surface area contributed by atoms with E-state index in [-0.39, 0.29) is 18.6 Å². The molecule has 2 aliphatic carbocycles. The SMILES string of the molecule is CN(C)c1nc(N[C@H]2CC[C@@H](NC(=O)COc3ccccc3)CC2)nc2c1CCCC2. The number of ether oxygens (including phenoxy) is 1. The maximum absolute atomic E-state index is 12.2. The van der Waals surface area contributed by atoms with Crippen LogP contribution in [0.25, 0.3) is 0 Å². The highest BCUT2D eigenvalue weighted by Gasteiger charge is 2.25. The molecule has 2 aliphatic rings. The maximum atomic E-state index is 12.2. The second kappa shape index (κ2) is 9.98. The molecule has 1 aromatic carbocycles. The van der Waals surface area contributed by atoms with Crippen LogP contribution in [0.4, 0.5) is 11.8 Å². The lowest BCUT2D eigenvalue weighted by Gasteiger charge is -2.30. The molecule has 1 fully saturated rings. The van der Waals surface area contributed by atoms with Crippen LogP contribution >= 0.6 is 0 Å². The van der Waals surface area contributed by atoms with Gasteiger partial charge in [-0.25, -0.2) is 4.98 Å². The summed E-state index contributed by atoms with van der Waals surface area (Å²) in [6.45, 7) is 0.0540. The summed E-state index contributed by atoms with van der Waals surface area (Å²) in [4.78, 5) is 24.0. The number of anilines is 2. The van der Waals surface area contributed by atoms with E-state index in [2.05, 4.69) is 29.6 Å². The second-order valence-corrected chi connectivity index (χ2v) is 8.76. The van der Waals surface area contributed by atoms with Gasteiger partial charge >= 0.3 is 0 Å². The average Bonchev–Trinajstić information content (AvgIpc) is 2.79. The quantitative estimate of drug-likeness (QED) is 0.711. The number of para-hydroxylation sites is 1. The molecule has 0 aliphatic heterocycles. The van der Waals surface area contributed by atoms with Crippen LogP contribution in [0.5, 0.6) is 5.75 Å². The van der Waals surface area contributed by atoms with Gasteiger partial charge in [0.25, 0.3) is 5.91 Å². The summed E-state index contributed by atoms with van der Waals surface area (Å²) in [5.74, 6) is 2.45. The van der Waals surface area contributed by atoms with Crippen molar-refractivity contribution in [2.24, 2.45) is 0 Å². The van der Waals surface area contributed by atoms with Crippen molar-refractivity contribution in [2.45, 2.75) is 63.5 Å². The highest BCUT2D eigenvalue weighted by atomic mass is 16.5. The molecule has 2 N–H and O–H groups in total. The van der Waals surface area contributed by atoms with Crippen LogP contribution in [0.1, 0.15) is 49.8 Å². The molecule has 7 heteroatoms. The minimum atomic E-state index is -0.0612. The molecule has 0 radical (unpaired) electrons. The van der Waals surface area contributed by atoms with E-state index in [1.54, 1.807) is 0 Å². The van der Waals surface area contributed by atoms with E-state index < -0.39 is 0 Å². The second-order valence-electron chi connectivity index (χ2n) is 8.76. The molecule has 7 nitrogen and oxygen atoms in total. The molecule has 1 saturated carbocycles. The summed E-state index contributed by atoms with van der Waals surface area (Å²) < 4.78 is 5.54. The molecule has 1 heterocycles. The lowest BCUT2D eigenvalue weighted by Crippen LogP contribution is -2.42. The first kappa shape index (κ1) is 21.4. The highest BCUT2D eigenvalue weighted by Crippen LogP contribution is 2.29. The fraction of sp³-hybridized carbons (Fsp3) is 0.542. The minimum Gasteiger partial charge on any atom is -0.484 e. The van der Waals surface area contributed by atoms with Crippen LogP contribution in [0.3, 0.4) is 0 Å². The lowest BCUT2D eigenvalue weighted by atomic mass is 9.91. The van der Waals surface area contributed by atoms with Crippen LogP contribution in [0, 0.1) is 0 Å². The number of hydrogen-bond donors (Lipinski definition) is 2. The molecular formula is C24H33N5O2. The van der Waals surface area contributed by atoms with Crippen molar-refractivity contribution in [1.29, 1.82) is 0 Å². The van der Waals surface area contributed by atoms with Gasteiger partial charge in [-0.15, -0.1) is 0 Å². The number of aromatic nitrogens is 2. The van der Waals surface area contributed by atoms with E-state index in [1.807, 2.05) is 30.3 Å². The highest BCUT2D eigenvalue weighted by molar-refractivity contribution is 5.77. The van der Waals surface area contributed by atoms with Crippen molar-refractivity contribution < 1.29 is 9.53 Å². The van der Waals surface area contributed by atoms with E-state index >= 15 is 0 Å². The summed E-state index contributed by atoms with van der Waals surface area (Å²) in [5.41, 5.74) is 2.51. The van der Waals surface area contributed by atoms with Crippen molar-refractivity contribution >= 4 is 17.7 Å². The number of nitrogens with zero attached hydrogens (tertiary/aromatic N) is 3. The zero-order valence-electron chi connectivity index (χ0n) is 18.6. The number of aryl methyl sites for hydroxylation is 1. The van der Waals surface area contributed by atoms with Crippen molar-refractivity contribution in [1.82, 2.24) is 15.3 Å². The summed E-state index contributed by atoms with van der Waals surface area (Å²) in [6, 6.07) is 9.97. The van der Waals surface area contributed by atoms with E-state index in [9.17, 15) is 4.79 Å². The topological polar surface area (TPSA) is 79.4 Å². The molecule has 0 atom stereocenters. The average molecular weight is 424 g/mol. The third-order valence-electron chi connectivity index (χ3n) is 6.12. The van der Waals surface area contributed by atoms with Gasteiger partial charge in [0.15, 0.2) is 6.61 Å². The van der Waals surface area contributed by atoms with E-state index in [1.165, 1.54) is 24.1 Å². The van der Waals surface area contributed by atoms with Crippen molar-refractivity contribution in [3.63, 3.8) is 0 Å². The molecule has 1 amide bonds. The summed E-state index contributed by atoms with van der Waals surface area (Å²) in [5, 5.41) is 6.67. The molecule has 0 spiro atoms. The van der Waals surface area contributed by atoms with Gasteiger partial charge in [-0.3, -0.25) is 4.79 Å². The third kappa shape index (κ3) is 5.66. The number of rotatable bonds is 7. The Morgan fingerprint density at radius 3 is 2.48 bits per heavy atom. The Morgan fingerprint density at radius 1 is 1.03 bits per heavy atom. The zero-order chi connectivity index (χ0) is 21.6. The van der Waals surface area contributed by atoms with Gasteiger partial charge in [-0.05, 0) is 63.5 Å². The summed E-state index contributed by atoms with van der Waals surface area (Å²) >= 11 is 0. The van der Waals surface area contributed by atoms with Gasteiger partial charge in [0.1, 0.15) is 11.6 Å². The van der Waals surface area contributed by atoms with Gasteiger partial charge < -0.3 is 20.3 Å². The fourth-order valence-corrected chi connectivity index (χ4v) is 4.51. The van der Waals surface area contributed by atoms with Crippen molar-refractivity contribution in [2.75, 3.05) is 30.9 Å². The standard InChI is InChI=1S/C24H33N5O2/c1-29(2)23-20-10-6-7-11-21(20)27-24(28-23)26-18-14-12-17(13-15-18)25-22(30)16-31-19-8-4-3-5-9-19/h3-5,8-9,17-18H,6-7,10-16H2,1-2H3,(H,25,30)(H,26,27,28)/t17-,18+. The third-order valence-corrected chi connectivity index (χ3v) is 6.12. The molecule has 4 rings (SSSR count). The number of nitrogens with one attached hydrogen (secondary N) is 2. The molecular weight excluding hydrogens is 390 g/mol. The Hall–Kier alpha value is -2.83. The van der Waals surface area contributed by atoms with Crippen molar-refractivity contribution in [3.8, 4) is 5.75 Å². The van der Waals surface area contributed by atoms with Gasteiger partial charge in [0, 0.05) is 31.7 Å². The number of hydrogen-bond acceptors (Lipinski definition) is 6. The van der Waals surface area contributed by atoms with Crippen LogP contribution in [-0.2, 0) is 17.6 Å². The number of fused-ring (bicyclic) bond motifs is 1. The maximum Gasteiger partial charge on any atom is 0.258 e.